The molecule has 4 nitrogen and oxygen atoms in total. The molecule has 1 aliphatic rings. The number of pyridine rings is 1. The quantitative estimate of drug-likeness (QED) is 0.577. The van der Waals surface area contributed by atoms with E-state index >= 15 is 0 Å². The van der Waals surface area contributed by atoms with E-state index in [0.717, 1.165) is 29.4 Å². The molecule has 4 rings (SSSR count). The summed E-state index contributed by atoms with van der Waals surface area (Å²) in [7, 11) is 0. The van der Waals surface area contributed by atoms with Crippen LogP contribution in [0.3, 0.4) is 0 Å². The number of rotatable bonds is 5. The first-order valence-electron chi connectivity index (χ1n) is 10.7. The third-order valence-electron chi connectivity index (χ3n) is 6.05. The molecule has 2 aromatic carbocycles. The Kier molecular flexibility index (Phi) is 5.79. The SMILES string of the molecule is CCc1ccccc1Nc1cc(C(=O)N[C@@H]2CCCC[C@H]2C)c2ccccc2n1. The maximum absolute atomic E-state index is 13.2. The molecule has 0 bridgehead atoms. The molecule has 2 N–H and O–H groups in total. The van der Waals surface area contributed by atoms with Gasteiger partial charge in [-0.15, -0.1) is 0 Å². The van der Waals surface area contributed by atoms with Gasteiger partial charge in [-0.3, -0.25) is 4.79 Å². The van der Waals surface area contributed by atoms with Crippen molar-refractivity contribution in [2.75, 3.05) is 5.32 Å². The summed E-state index contributed by atoms with van der Waals surface area (Å²) >= 11 is 0. The topological polar surface area (TPSA) is 54.0 Å². The molecule has 0 saturated heterocycles. The average molecular weight is 388 g/mol. The Hall–Kier alpha value is -2.88. The van der Waals surface area contributed by atoms with Crippen molar-refractivity contribution in [3.8, 4) is 0 Å². The Balaban J connectivity index is 1.68. The highest BCUT2D eigenvalue weighted by Crippen LogP contribution is 2.27. The Bertz CT molecular complexity index is 1010. The molecule has 0 unspecified atom stereocenters. The number of hydrogen-bond donors (Lipinski definition) is 2. The van der Waals surface area contributed by atoms with Crippen LogP contribution in [0.2, 0.25) is 0 Å². The molecular weight excluding hydrogens is 358 g/mol. The first-order valence-corrected chi connectivity index (χ1v) is 10.7. The van der Waals surface area contributed by atoms with Crippen LogP contribution in [0.5, 0.6) is 0 Å². The predicted octanol–water partition coefficient (Wildman–Crippen LogP) is 5.85. The minimum absolute atomic E-state index is 0.00539. The van der Waals surface area contributed by atoms with Gasteiger partial charge >= 0.3 is 0 Å². The summed E-state index contributed by atoms with van der Waals surface area (Å²) in [6, 6.07) is 18.2. The zero-order valence-electron chi connectivity index (χ0n) is 17.2. The second-order valence-electron chi connectivity index (χ2n) is 8.05. The van der Waals surface area contributed by atoms with Gasteiger partial charge in [0.1, 0.15) is 5.82 Å². The van der Waals surface area contributed by atoms with Gasteiger partial charge in [-0.1, -0.05) is 63.1 Å². The second kappa shape index (κ2) is 8.64. The fourth-order valence-electron chi connectivity index (χ4n) is 4.29. The lowest BCUT2D eigenvalue weighted by molar-refractivity contribution is 0.0912. The van der Waals surface area contributed by atoms with Gasteiger partial charge in [0.25, 0.3) is 5.91 Å². The molecule has 0 radical (unpaired) electrons. The summed E-state index contributed by atoms with van der Waals surface area (Å²) in [5.41, 5.74) is 3.77. The minimum atomic E-state index is -0.00539. The van der Waals surface area contributed by atoms with Crippen molar-refractivity contribution in [3.05, 3.63) is 65.7 Å². The molecule has 3 aromatic rings. The van der Waals surface area contributed by atoms with Gasteiger partial charge in [0.15, 0.2) is 0 Å². The standard InChI is InChI=1S/C25H29N3O/c1-3-18-11-5-8-14-22(18)26-24-16-20(19-12-6-9-15-23(19)27-24)25(29)28-21-13-7-4-10-17(21)2/h5-6,8-9,11-12,14-17,21H,3-4,7,10,13H2,1-2H3,(H,26,27)(H,28,29)/t17-,21-/m1/s1. The molecule has 4 heteroatoms. The number of benzene rings is 2. The number of hydrogen-bond acceptors (Lipinski definition) is 3. The second-order valence-corrected chi connectivity index (χ2v) is 8.05. The highest BCUT2D eigenvalue weighted by Gasteiger charge is 2.24. The summed E-state index contributed by atoms with van der Waals surface area (Å²) in [6.45, 7) is 4.38. The molecule has 1 saturated carbocycles. The molecular formula is C25H29N3O. The van der Waals surface area contributed by atoms with Gasteiger partial charge in [-0.25, -0.2) is 4.98 Å². The molecule has 0 spiro atoms. The van der Waals surface area contributed by atoms with Crippen molar-refractivity contribution in [1.82, 2.24) is 10.3 Å². The summed E-state index contributed by atoms with van der Waals surface area (Å²) in [5.74, 6) is 1.22. The van der Waals surface area contributed by atoms with Crippen LogP contribution in [0.1, 0.15) is 55.5 Å². The zero-order valence-corrected chi connectivity index (χ0v) is 17.2. The van der Waals surface area contributed by atoms with Crippen LogP contribution in [-0.2, 0) is 6.42 Å². The molecule has 150 valence electrons. The van der Waals surface area contributed by atoms with Crippen LogP contribution in [-0.4, -0.2) is 16.9 Å². The zero-order chi connectivity index (χ0) is 20.2. The van der Waals surface area contributed by atoms with E-state index in [1.807, 2.05) is 42.5 Å². The number of nitrogens with zero attached hydrogens (tertiary/aromatic N) is 1. The number of carbonyl (C=O) groups excluding carboxylic acids is 1. The van der Waals surface area contributed by atoms with Crippen molar-refractivity contribution in [2.24, 2.45) is 5.92 Å². The third kappa shape index (κ3) is 4.26. The van der Waals surface area contributed by atoms with Gasteiger partial charge in [-0.2, -0.15) is 0 Å². The maximum Gasteiger partial charge on any atom is 0.252 e. The first-order chi connectivity index (χ1) is 14.2. The minimum Gasteiger partial charge on any atom is -0.349 e. The van der Waals surface area contributed by atoms with E-state index in [0.29, 0.717) is 17.3 Å². The molecule has 0 aliphatic heterocycles. The molecule has 1 fully saturated rings. The number of anilines is 2. The summed E-state index contributed by atoms with van der Waals surface area (Å²) < 4.78 is 0. The van der Waals surface area contributed by atoms with Gasteiger partial charge in [-0.05, 0) is 48.9 Å². The van der Waals surface area contributed by atoms with Crippen LogP contribution < -0.4 is 10.6 Å². The lowest BCUT2D eigenvalue weighted by Gasteiger charge is -2.29. The summed E-state index contributed by atoms with van der Waals surface area (Å²) in [5, 5.41) is 7.62. The normalized spacial score (nSPS) is 19.1. The van der Waals surface area contributed by atoms with E-state index in [1.165, 1.54) is 24.8 Å². The largest absolute Gasteiger partial charge is 0.349 e. The Morgan fingerprint density at radius 3 is 2.66 bits per heavy atom. The molecule has 1 aliphatic carbocycles. The van der Waals surface area contributed by atoms with Crippen molar-refractivity contribution >= 4 is 28.3 Å². The molecule has 1 aromatic heterocycles. The fourth-order valence-corrected chi connectivity index (χ4v) is 4.29. The monoisotopic (exact) mass is 387 g/mol. The van der Waals surface area contributed by atoms with Crippen LogP contribution in [0.25, 0.3) is 10.9 Å². The van der Waals surface area contributed by atoms with E-state index in [4.69, 9.17) is 4.98 Å². The number of nitrogens with one attached hydrogen (secondary N) is 2. The van der Waals surface area contributed by atoms with Gasteiger partial charge < -0.3 is 10.6 Å². The molecule has 1 heterocycles. The Morgan fingerprint density at radius 2 is 1.83 bits per heavy atom. The number of aromatic nitrogens is 1. The highest BCUT2D eigenvalue weighted by atomic mass is 16.1. The lowest BCUT2D eigenvalue weighted by Crippen LogP contribution is -2.41. The average Bonchev–Trinajstić information content (AvgIpc) is 2.75. The van der Waals surface area contributed by atoms with E-state index in [1.54, 1.807) is 0 Å². The lowest BCUT2D eigenvalue weighted by atomic mass is 9.86. The highest BCUT2D eigenvalue weighted by molar-refractivity contribution is 6.07. The number of carbonyl (C=O) groups is 1. The van der Waals surface area contributed by atoms with E-state index in [-0.39, 0.29) is 11.9 Å². The Labute approximate surface area is 172 Å². The van der Waals surface area contributed by atoms with E-state index in [2.05, 4.69) is 36.6 Å². The summed E-state index contributed by atoms with van der Waals surface area (Å²) in [4.78, 5) is 18.0. The van der Waals surface area contributed by atoms with Crippen molar-refractivity contribution in [3.63, 3.8) is 0 Å². The first kappa shape index (κ1) is 19.4. The molecule has 2 atom stereocenters. The molecule has 1 amide bonds. The van der Waals surface area contributed by atoms with Gasteiger partial charge in [0, 0.05) is 17.1 Å². The van der Waals surface area contributed by atoms with Crippen molar-refractivity contribution in [2.45, 2.75) is 52.0 Å². The van der Waals surface area contributed by atoms with E-state index in [9.17, 15) is 4.79 Å². The van der Waals surface area contributed by atoms with Gasteiger partial charge in [0.05, 0.1) is 11.1 Å². The van der Waals surface area contributed by atoms with Crippen LogP contribution in [0.4, 0.5) is 11.5 Å². The van der Waals surface area contributed by atoms with Crippen LogP contribution >= 0.6 is 0 Å². The predicted molar refractivity (Wildman–Crippen MR) is 120 cm³/mol. The number of aryl methyl sites for hydroxylation is 1. The van der Waals surface area contributed by atoms with Crippen LogP contribution in [0.15, 0.2) is 54.6 Å². The smallest absolute Gasteiger partial charge is 0.252 e. The molecule has 29 heavy (non-hydrogen) atoms. The van der Waals surface area contributed by atoms with Crippen molar-refractivity contribution < 1.29 is 4.79 Å². The third-order valence-corrected chi connectivity index (χ3v) is 6.05. The summed E-state index contributed by atoms with van der Waals surface area (Å²) in [6.07, 6.45) is 5.63. The maximum atomic E-state index is 13.2. The number of fused-ring (bicyclic) bond motifs is 1. The fraction of sp³-hybridized carbons (Fsp3) is 0.360. The number of para-hydroxylation sites is 2. The number of amides is 1. The van der Waals surface area contributed by atoms with Crippen molar-refractivity contribution in [1.29, 1.82) is 0 Å². The van der Waals surface area contributed by atoms with Gasteiger partial charge in [0.2, 0.25) is 0 Å². The Morgan fingerprint density at radius 1 is 1.07 bits per heavy atom. The van der Waals surface area contributed by atoms with E-state index < -0.39 is 0 Å². The van der Waals surface area contributed by atoms with Crippen LogP contribution in [0, 0.1) is 5.92 Å².